The van der Waals surface area contributed by atoms with Crippen LogP contribution < -0.4 is 10.1 Å². The fraction of sp³-hybridized carbons (Fsp3) is 0.625. The molecule has 1 saturated carbocycles. The van der Waals surface area contributed by atoms with Crippen molar-refractivity contribution >= 4 is 0 Å². The van der Waals surface area contributed by atoms with Crippen LogP contribution in [0.2, 0.25) is 0 Å². The first-order valence-corrected chi connectivity index (χ1v) is 7.39. The van der Waals surface area contributed by atoms with E-state index in [-0.39, 0.29) is 6.10 Å². The molecule has 1 aliphatic carbocycles. The molecule has 1 aliphatic heterocycles. The molecule has 2 aliphatic rings. The predicted octanol–water partition coefficient (Wildman–Crippen LogP) is 2.26. The largest absolute Gasteiger partial charge is 0.489 e. The fourth-order valence-electron chi connectivity index (χ4n) is 3.12. The van der Waals surface area contributed by atoms with Crippen molar-refractivity contribution in [1.82, 2.24) is 5.32 Å². The normalized spacial score (nSPS) is 28.7. The molecule has 1 aromatic carbocycles. The molecule has 0 radical (unpaired) electrons. The van der Waals surface area contributed by atoms with E-state index in [0.29, 0.717) is 19.3 Å². The summed E-state index contributed by atoms with van der Waals surface area (Å²) in [6.07, 6.45) is 2.81. The summed E-state index contributed by atoms with van der Waals surface area (Å²) in [5, 5.41) is 3.36. The third-order valence-electron chi connectivity index (χ3n) is 4.29. The van der Waals surface area contributed by atoms with Gasteiger partial charge < -0.3 is 19.5 Å². The highest BCUT2D eigenvalue weighted by atomic mass is 16.7. The summed E-state index contributed by atoms with van der Waals surface area (Å²) in [7, 11) is 1.99. The van der Waals surface area contributed by atoms with E-state index >= 15 is 0 Å². The maximum Gasteiger partial charge on any atom is 0.172 e. The van der Waals surface area contributed by atoms with Gasteiger partial charge in [-0.1, -0.05) is 17.7 Å². The number of aryl methyl sites for hydroxylation is 1. The van der Waals surface area contributed by atoms with E-state index in [1.165, 1.54) is 5.56 Å². The first kappa shape index (κ1) is 13.9. The van der Waals surface area contributed by atoms with E-state index in [4.69, 9.17) is 14.2 Å². The SMILES string of the molecule is CNC1CCC2(CC1Oc1ccc(C)cc1)OCCO2. The van der Waals surface area contributed by atoms with Gasteiger partial charge in [0.15, 0.2) is 5.79 Å². The lowest BCUT2D eigenvalue weighted by atomic mass is 9.87. The lowest BCUT2D eigenvalue weighted by Crippen LogP contribution is -2.52. The van der Waals surface area contributed by atoms with Gasteiger partial charge in [-0.25, -0.2) is 0 Å². The zero-order chi connectivity index (χ0) is 14.0. The van der Waals surface area contributed by atoms with Gasteiger partial charge in [-0.05, 0) is 32.5 Å². The zero-order valence-corrected chi connectivity index (χ0v) is 12.2. The molecule has 0 amide bonds. The fourth-order valence-corrected chi connectivity index (χ4v) is 3.12. The van der Waals surface area contributed by atoms with Crippen LogP contribution in [0.5, 0.6) is 5.75 Å². The number of benzene rings is 1. The molecule has 110 valence electrons. The molecule has 3 rings (SSSR count). The van der Waals surface area contributed by atoms with Crippen LogP contribution in [0.1, 0.15) is 24.8 Å². The number of hydrogen-bond acceptors (Lipinski definition) is 4. The van der Waals surface area contributed by atoms with Gasteiger partial charge in [-0.2, -0.15) is 0 Å². The highest BCUT2D eigenvalue weighted by Crippen LogP contribution is 2.37. The Balaban J connectivity index is 1.72. The second-order valence-corrected chi connectivity index (χ2v) is 5.71. The van der Waals surface area contributed by atoms with Crippen molar-refractivity contribution in [3.63, 3.8) is 0 Å². The van der Waals surface area contributed by atoms with Crippen LogP contribution in [0.15, 0.2) is 24.3 Å². The molecule has 0 bridgehead atoms. The van der Waals surface area contributed by atoms with Crippen molar-refractivity contribution in [3.05, 3.63) is 29.8 Å². The minimum absolute atomic E-state index is 0.0783. The molecule has 1 N–H and O–H groups in total. The Morgan fingerprint density at radius 2 is 1.90 bits per heavy atom. The molecular weight excluding hydrogens is 254 g/mol. The number of likely N-dealkylation sites (N-methyl/N-ethyl adjacent to an activating group) is 1. The van der Waals surface area contributed by atoms with Gasteiger partial charge in [0.2, 0.25) is 0 Å². The van der Waals surface area contributed by atoms with Crippen molar-refractivity contribution in [3.8, 4) is 5.75 Å². The van der Waals surface area contributed by atoms with Crippen LogP contribution in [0.25, 0.3) is 0 Å². The third-order valence-corrected chi connectivity index (χ3v) is 4.29. The monoisotopic (exact) mass is 277 g/mol. The summed E-state index contributed by atoms with van der Waals surface area (Å²) >= 11 is 0. The summed E-state index contributed by atoms with van der Waals surface area (Å²) in [5.41, 5.74) is 1.24. The topological polar surface area (TPSA) is 39.7 Å². The first-order chi connectivity index (χ1) is 9.71. The van der Waals surface area contributed by atoms with Crippen LogP contribution in [-0.2, 0) is 9.47 Å². The molecule has 20 heavy (non-hydrogen) atoms. The summed E-state index contributed by atoms with van der Waals surface area (Å²) in [4.78, 5) is 0. The molecule has 1 spiro atoms. The quantitative estimate of drug-likeness (QED) is 0.920. The summed E-state index contributed by atoms with van der Waals surface area (Å²) in [5.74, 6) is 0.499. The van der Waals surface area contributed by atoms with Crippen LogP contribution in [0.4, 0.5) is 0 Å². The second-order valence-electron chi connectivity index (χ2n) is 5.71. The highest BCUT2D eigenvalue weighted by Gasteiger charge is 2.45. The summed E-state index contributed by atoms with van der Waals surface area (Å²) in [6.45, 7) is 3.47. The van der Waals surface area contributed by atoms with Gasteiger partial charge in [0, 0.05) is 18.9 Å². The van der Waals surface area contributed by atoms with Crippen LogP contribution >= 0.6 is 0 Å². The van der Waals surface area contributed by atoms with Gasteiger partial charge in [-0.3, -0.25) is 0 Å². The first-order valence-electron chi connectivity index (χ1n) is 7.39. The van der Waals surface area contributed by atoms with E-state index in [1.54, 1.807) is 0 Å². The minimum atomic E-state index is -0.414. The molecule has 1 saturated heterocycles. The third kappa shape index (κ3) is 2.82. The van der Waals surface area contributed by atoms with E-state index in [9.17, 15) is 0 Å². The van der Waals surface area contributed by atoms with Crippen LogP contribution in [0.3, 0.4) is 0 Å². The Morgan fingerprint density at radius 1 is 1.20 bits per heavy atom. The molecular formula is C16H23NO3. The predicted molar refractivity (Wildman–Crippen MR) is 76.9 cm³/mol. The highest BCUT2D eigenvalue weighted by molar-refractivity contribution is 5.26. The smallest absolute Gasteiger partial charge is 0.172 e. The van der Waals surface area contributed by atoms with Crippen molar-refractivity contribution in [2.45, 2.75) is 44.1 Å². The number of ether oxygens (including phenoxy) is 3. The van der Waals surface area contributed by atoms with Gasteiger partial charge in [0.1, 0.15) is 11.9 Å². The van der Waals surface area contributed by atoms with Crippen molar-refractivity contribution in [1.29, 1.82) is 0 Å². The molecule has 2 atom stereocenters. The summed E-state index contributed by atoms with van der Waals surface area (Å²) < 4.78 is 17.8. The van der Waals surface area contributed by atoms with Crippen LogP contribution in [0, 0.1) is 6.92 Å². The van der Waals surface area contributed by atoms with Gasteiger partial charge in [0.05, 0.1) is 13.2 Å². The Kier molecular flexibility index (Phi) is 3.96. The van der Waals surface area contributed by atoms with Gasteiger partial charge in [0.25, 0.3) is 0 Å². The van der Waals surface area contributed by atoms with E-state index in [0.717, 1.165) is 25.0 Å². The zero-order valence-electron chi connectivity index (χ0n) is 12.2. The van der Waals surface area contributed by atoms with Crippen molar-refractivity contribution < 1.29 is 14.2 Å². The number of rotatable bonds is 3. The molecule has 1 aromatic rings. The molecule has 1 heterocycles. The average molecular weight is 277 g/mol. The Bertz CT molecular complexity index is 440. The second kappa shape index (κ2) is 5.72. The number of nitrogens with one attached hydrogen (secondary N) is 1. The molecule has 2 unspecified atom stereocenters. The number of hydrogen-bond donors (Lipinski definition) is 1. The lowest BCUT2D eigenvalue weighted by molar-refractivity contribution is -0.196. The Hall–Kier alpha value is -1.10. The van der Waals surface area contributed by atoms with Gasteiger partial charge >= 0.3 is 0 Å². The van der Waals surface area contributed by atoms with Crippen molar-refractivity contribution in [2.75, 3.05) is 20.3 Å². The standard InChI is InChI=1S/C16H23NO3/c1-12-3-5-13(6-4-12)20-15-11-16(18-9-10-19-16)8-7-14(15)17-2/h3-6,14-15,17H,7-11H2,1-2H3. The minimum Gasteiger partial charge on any atom is -0.489 e. The van der Waals surface area contributed by atoms with Crippen LogP contribution in [-0.4, -0.2) is 38.2 Å². The lowest BCUT2D eigenvalue weighted by Gasteiger charge is -2.40. The molecule has 4 nitrogen and oxygen atoms in total. The van der Waals surface area contributed by atoms with Crippen molar-refractivity contribution in [2.24, 2.45) is 0 Å². The maximum absolute atomic E-state index is 6.18. The molecule has 4 heteroatoms. The van der Waals surface area contributed by atoms with E-state index in [2.05, 4.69) is 24.4 Å². The van der Waals surface area contributed by atoms with E-state index < -0.39 is 5.79 Å². The Morgan fingerprint density at radius 3 is 2.55 bits per heavy atom. The Labute approximate surface area is 120 Å². The maximum atomic E-state index is 6.18. The molecule has 0 aromatic heterocycles. The summed E-state index contributed by atoms with van der Waals surface area (Å²) in [6, 6.07) is 8.55. The van der Waals surface area contributed by atoms with Gasteiger partial charge in [-0.15, -0.1) is 0 Å². The average Bonchev–Trinajstić information content (AvgIpc) is 2.90. The van der Waals surface area contributed by atoms with E-state index in [1.807, 2.05) is 19.2 Å². The molecule has 2 fully saturated rings.